The lowest BCUT2D eigenvalue weighted by molar-refractivity contribution is -0.122. The normalized spacial score (nSPS) is 24.2. The van der Waals surface area contributed by atoms with E-state index in [1.165, 1.54) is 0 Å². The molecule has 37 heavy (non-hydrogen) atoms. The number of carbonyl (C=O) groups is 1. The molecule has 3 heterocycles. The topological polar surface area (TPSA) is 136 Å². The number of amides is 1. The summed E-state index contributed by atoms with van der Waals surface area (Å²) < 4.78 is 33.0. The van der Waals surface area contributed by atoms with Crippen molar-refractivity contribution in [3.63, 3.8) is 0 Å². The van der Waals surface area contributed by atoms with Gasteiger partial charge in [0.15, 0.2) is 0 Å². The van der Waals surface area contributed by atoms with E-state index < -0.39 is 15.4 Å². The van der Waals surface area contributed by atoms with Crippen LogP contribution >= 0.6 is 0 Å². The van der Waals surface area contributed by atoms with Crippen LogP contribution in [0.2, 0.25) is 0 Å². The Morgan fingerprint density at radius 1 is 1.11 bits per heavy atom. The predicted octanol–water partition coefficient (Wildman–Crippen LogP) is 3.54. The molecule has 0 aliphatic heterocycles. The molecule has 2 atom stereocenters. The van der Waals surface area contributed by atoms with Gasteiger partial charge in [0.2, 0.25) is 21.8 Å². The summed E-state index contributed by atoms with van der Waals surface area (Å²) in [7, 11) is -3.41. The minimum absolute atomic E-state index is 0.173. The van der Waals surface area contributed by atoms with Crippen molar-refractivity contribution in [2.45, 2.75) is 49.7 Å². The first-order chi connectivity index (χ1) is 17.9. The number of sulfonamides is 1. The third kappa shape index (κ3) is 4.75. The Kier molecular flexibility index (Phi) is 5.82. The van der Waals surface area contributed by atoms with Gasteiger partial charge in [0.05, 0.1) is 46.7 Å². The zero-order valence-corrected chi connectivity index (χ0v) is 21.2. The molecule has 0 radical (unpaired) electrons. The van der Waals surface area contributed by atoms with E-state index >= 15 is 0 Å². The van der Waals surface area contributed by atoms with E-state index in [2.05, 4.69) is 30.0 Å². The molecule has 2 unspecified atom stereocenters. The summed E-state index contributed by atoms with van der Waals surface area (Å²) in [6.45, 7) is 2.38. The van der Waals surface area contributed by atoms with Gasteiger partial charge in [0.1, 0.15) is 5.82 Å². The van der Waals surface area contributed by atoms with Gasteiger partial charge in [-0.3, -0.25) is 19.5 Å². The fourth-order valence-electron chi connectivity index (χ4n) is 5.24. The van der Waals surface area contributed by atoms with Crippen molar-refractivity contribution < 1.29 is 17.9 Å². The van der Waals surface area contributed by atoms with Crippen LogP contribution in [0.1, 0.15) is 44.7 Å². The Morgan fingerprint density at radius 3 is 2.62 bits per heavy atom. The third-order valence-electron chi connectivity index (χ3n) is 7.40. The highest BCUT2D eigenvalue weighted by Gasteiger charge is 2.59. The van der Waals surface area contributed by atoms with Gasteiger partial charge in [-0.15, -0.1) is 0 Å². The minimum atomic E-state index is -3.41. The smallest absolute Gasteiger partial charge is 0.237 e. The molecule has 3 saturated carbocycles. The second-order valence-electron chi connectivity index (χ2n) is 10.1. The summed E-state index contributed by atoms with van der Waals surface area (Å²) in [5, 5.41) is 2.65. The lowest BCUT2D eigenvalue weighted by atomic mass is 9.78. The first kappa shape index (κ1) is 23.8. The zero-order chi connectivity index (χ0) is 25.6. The molecule has 6 rings (SSSR count). The molecule has 11 heteroatoms. The molecule has 3 aromatic heterocycles. The second-order valence-corrected chi connectivity index (χ2v) is 12.0. The van der Waals surface area contributed by atoms with Crippen molar-refractivity contribution in [3.05, 3.63) is 54.7 Å². The SMILES string of the molecule is CCOc1cncc(-c2ccc(NC(=O)C3(c4cc(NS(=O)(=O)C5CC5)ccn4)CC4CC4C3)nc2)n1. The highest BCUT2D eigenvalue weighted by atomic mass is 32.2. The third-order valence-corrected chi connectivity index (χ3v) is 9.27. The largest absolute Gasteiger partial charge is 0.477 e. The molecule has 3 aliphatic rings. The number of carbonyl (C=O) groups excluding carboxylic acids is 1. The summed E-state index contributed by atoms with van der Waals surface area (Å²) in [6.07, 6.45) is 10.3. The summed E-state index contributed by atoms with van der Waals surface area (Å²) in [5.74, 6) is 1.67. The number of hydrogen-bond acceptors (Lipinski definition) is 8. The quantitative estimate of drug-likeness (QED) is 0.437. The number of hydrogen-bond donors (Lipinski definition) is 2. The van der Waals surface area contributed by atoms with Crippen molar-refractivity contribution in [2.75, 3.05) is 16.6 Å². The Balaban J connectivity index is 1.22. The number of nitrogens with one attached hydrogen (secondary N) is 2. The van der Waals surface area contributed by atoms with Crippen LogP contribution in [-0.4, -0.2) is 46.1 Å². The summed E-state index contributed by atoms with van der Waals surface area (Å²) in [6, 6.07) is 6.91. The van der Waals surface area contributed by atoms with E-state index in [0.29, 0.717) is 72.9 Å². The van der Waals surface area contributed by atoms with E-state index in [1.807, 2.05) is 13.0 Å². The van der Waals surface area contributed by atoms with Gasteiger partial charge in [-0.2, -0.15) is 0 Å². The van der Waals surface area contributed by atoms with Gasteiger partial charge in [-0.05, 0) is 75.1 Å². The monoisotopic (exact) mass is 520 g/mol. The molecule has 0 aromatic carbocycles. The Labute approximate surface area is 215 Å². The molecule has 0 saturated heterocycles. The van der Waals surface area contributed by atoms with Crippen LogP contribution in [0.5, 0.6) is 5.88 Å². The first-order valence-corrected chi connectivity index (χ1v) is 14.1. The van der Waals surface area contributed by atoms with Crippen LogP contribution in [0.4, 0.5) is 11.5 Å². The molecule has 3 fully saturated rings. The van der Waals surface area contributed by atoms with Crippen molar-refractivity contribution in [2.24, 2.45) is 11.8 Å². The van der Waals surface area contributed by atoms with Gasteiger partial charge in [0, 0.05) is 18.0 Å². The van der Waals surface area contributed by atoms with E-state index in [-0.39, 0.29) is 11.2 Å². The molecule has 0 bridgehead atoms. The van der Waals surface area contributed by atoms with Gasteiger partial charge >= 0.3 is 0 Å². The molecule has 1 amide bonds. The maximum atomic E-state index is 13.7. The summed E-state index contributed by atoms with van der Waals surface area (Å²) >= 11 is 0. The lowest BCUT2D eigenvalue weighted by Crippen LogP contribution is -2.40. The number of aromatic nitrogens is 4. The number of pyridine rings is 2. The van der Waals surface area contributed by atoms with E-state index in [0.717, 1.165) is 12.0 Å². The number of rotatable bonds is 9. The van der Waals surface area contributed by atoms with E-state index in [1.54, 1.807) is 43.0 Å². The number of anilines is 2. The van der Waals surface area contributed by atoms with Crippen LogP contribution < -0.4 is 14.8 Å². The van der Waals surface area contributed by atoms with Crippen molar-refractivity contribution in [3.8, 4) is 17.1 Å². The van der Waals surface area contributed by atoms with Crippen LogP contribution in [-0.2, 0) is 20.2 Å². The second kappa shape index (κ2) is 9.05. The van der Waals surface area contributed by atoms with Gasteiger partial charge < -0.3 is 10.1 Å². The van der Waals surface area contributed by atoms with Gasteiger partial charge in [-0.25, -0.2) is 18.4 Å². The zero-order valence-electron chi connectivity index (χ0n) is 20.4. The number of fused-ring (bicyclic) bond motifs is 1. The first-order valence-electron chi connectivity index (χ1n) is 12.6. The number of nitrogens with zero attached hydrogens (tertiary/aromatic N) is 4. The Hall–Kier alpha value is -3.60. The lowest BCUT2D eigenvalue weighted by Gasteiger charge is -2.29. The van der Waals surface area contributed by atoms with E-state index in [4.69, 9.17) is 4.74 Å². The fourth-order valence-corrected chi connectivity index (χ4v) is 6.62. The van der Waals surface area contributed by atoms with Crippen LogP contribution in [0.3, 0.4) is 0 Å². The summed E-state index contributed by atoms with van der Waals surface area (Å²) in [4.78, 5) is 31.3. The molecular weight excluding hydrogens is 492 g/mol. The highest BCUT2D eigenvalue weighted by Crippen LogP contribution is 2.60. The standard InChI is InChI=1S/C26H28N6O4S/c1-2-36-24-15-27-14-21(30-24)16-3-6-23(29-13-16)31-25(33)26(11-17-9-18(17)12-26)22-10-19(7-8-28-22)32-37(34,35)20-4-5-20/h3,6-8,10,13-15,17-18,20H,2,4-5,9,11-12H2,1H3,(H,28,32)(H,29,31,33). The molecule has 10 nitrogen and oxygen atoms in total. The predicted molar refractivity (Wildman–Crippen MR) is 137 cm³/mol. The molecule has 192 valence electrons. The Morgan fingerprint density at radius 2 is 1.92 bits per heavy atom. The highest BCUT2D eigenvalue weighted by molar-refractivity contribution is 7.93. The molecular formula is C26H28N6O4S. The minimum Gasteiger partial charge on any atom is -0.477 e. The van der Waals surface area contributed by atoms with Crippen molar-refractivity contribution in [1.82, 2.24) is 19.9 Å². The van der Waals surface area contributed by atoms with Gasteiger partial charge in [-0.1, -0.05) is 0 Å². The number of ether oxygens (including phenoxy) is 1. The molecule has 2 N–H and O–H groups in total. The van der Waals surface area contributed by atoms with Crippen LogP contribution in [0.15, 0.2) is 49.1 Å². The fraction of sp³-hybridized carbons (Fsp3) is 0.423. The van der Waals surface area contributed by atoms with Crippen LogP contribution in [0.25, 0.3) is 11.3 Å². The molecule has 3 aromatic rings. The molecule has 0 spiro atoms. The Bertz CT molecular complexity index is 1430. The van der Waals surface area contributed by atoms with Gasteiger partial charge in [0.25, 0.3) is 0 Å². The summed E-state index contributed by atoms with van der Waals surface area (Å²) in [5.41, 5.74) is 1.58. The average Bonchev–Trinajstić information content (AvgIpc) is 3.83. The average molecular weight is 521 g/mol. The molecule has 3 aliphatic carbocycles. The maximum Gasteiger partial charge on any atom is 0.237 e. The van der Waals surface area contributed by atoms with Crippen molar-refractivity contribution >= 4 is 27.4 Å². The van der Waals surface area contributed by atoms with E-state index in [9.17, 15) is 13.2 Å². The van der Waals surface area contributed by atoms with Crippen LogP contribution in [0, 0.1) is 11.8 Å². The maximum absolute atomic E-state index is 13.7. The van der Waals surface area contributed by atoms with Crippen molar-refractivity contribution in [1.29, 1.82) is 0 Å².